The Labute approximate surface area is 138 Å². The summed E-state index contributed by atoms with van der Waals surface area (Å²) in [5.41, 5.74) is 1.89. The molecule has 1 N–H and O–H groups in total. The lowest BCUT2D eigenvalue weighted by Gasteiger charge is -2.13. The van der Waals surface area contributed by atoms with E-state index in [9.17, 15) is 13.2 Å². The Hall–Kier alpha value is -2.38. The lowest BCUT2D eigenvalue weighted by atomic mass is 10.2. The Balaban J connectivity index is 2.03. The molecule has 5 nitrogen and oxygen atoms in total. The van der Waals surface area contributed by atoms with E-state index in [4.69, 9.17) is 9.47 Å². The first-order valence-corrected chi connectivity index (χ1v) is 7.47. The van der Waals surface area contributed by atoms with Crippen LogP contribution in [0, 0.1) is 6.92 Å². The van der Waals surface area contributed by atoms with Crippen LogP contribution in [-0.2, 0) is 13.1 Å². The van der Waals surface area contributed by atoms with E-state index < -0.39 is 12.8 Å². The zero-order chi connectivity index (χ0) is 17.7. The Morgan fingerprint density at radius 2 is 1.96 bits per heavy atom. The number of anilines is 1. The maximum Gasteiger partial charge on any atom is 0.422 e. The molecule has 0 aliphatic rings. The van der Waals surface area contributed by atoms with Gasteiger partial charge in [0.1, 0.15) is 5.82 Å². The molecule has 0 unspecified atom stereocenters. The number of nitrogens with one attached hydrogen (secondary N) is 1. The van der Waals surface area contributed by atoms with Gasteiger partial charge in [0.25, 0.3) is 0 Å². The van der Waals surface area contributed by atoms with Crippen LogP contribution in [0.5, 0.6) is 11.5 Å². The molecule has 1 aromatic heterocycles. The van der Waals surface area contributed by atoms with Gasteiger partial charge in [0.2, 0.25) is 0 Å². The topological polar surface area (TPSA) is 48.3 Å². The van der Waals surface area contributed by atoms with Crippen LogP contribution >= 0.6 is 0 Å². The molecular weight excluding hydrogens is 323 g/mol. The molecule has 0 atom stereocenters. The smallest absolute Gasteiger partial charge is 0.422 e. The standard InChI is InChI=1S/C16H20F3N3O2/c1-4-22-11(2)7-15(21-22)20-9-12-5-6-13(14(8-12)23-3)24-10-16(17,18)19/h5-8H,4,9-10H2,1-3H3,(H,20,21). The second-order valence-corrected chi connectivity index (χ2v) is 5.23. The van der Waals surface area contributed by atoms with Gasteiger partial charge in [-0.2, -0.15) is 18.3 Å². The molecule has 0 aliphatic heterocycles. The number of nitrogens with zero attached hydrogens (tertiary/aromatic N) is 2. The summed E-state index contributed by atoms with van der Waals surface area (Å²) in [6, 6.07) is 6.73. The maximum atomic E-state index is 12.2. The summed E-state index contributed by atoms with van der Waals surface area (Å²) in [4.78, 5) is 0. The highest BCUT2D eigenvalue weighted by atomic mass is 19.4. The number of aryl methyl sites for hydroxylation is 2. The number of hydrogen-bond acceptors (Lipinski definition) is 4. The molecule has 0 saturated carbocycles. The minimum Gasteiger partial charge on any atom is -0.493 e. The molecule has 0 bridgehead atoms. The van der Waals surface area contributed by atoms with Gasteiger partial charge in [0.05, 0.1) is 7.11 Å². The maximum absolute atomic E-state index is 12.2. The van der Waals surface area contributed by atoms with Crippen molar-refractivity contribution < 1.29 is 22.6 Å². The number of aromatic nitrogens is 2. The molecule has 0 spiro atoms. The SMILES string of the molecule is CCn1nc(NCc2ccc(OCC(F)(F)F)c(OC)c2)cc1C. The van der Waals surface area contributed by atoms with Crippen molar-refractivity contribution in [3.05, 3.63) is 35.5 Å². The van der Waals surface area contributed by atoms with Gasteiger partial charge in [-0.15, -0.1) is 0 Å². The zero-order valence-electron chi connectivity index (χ0n) is 13.8. The Kier molecular flexibility index (Phi) is 5.58. The third-order valence-corrected chi connectivity index (χ3v) is 3.37. The molecule has 0 saturated heterocycles. The number of benzene rings is 1. The summed E-state index contributed by atoms with van der Waals surface area (Å²) in [6.07, 6.45) is -4.39. The van der Waals surface area contributed by atoms with E-state index in [2.05, 4.69) is 10.4 Å². The average molecular weight is 343 g/mol. The normalized spacial score (nSPS) is 11.4. The van der Waals surface area contributed by atoms with Crippen LogP contribution in [0.25, 0.3) is 0 Å². The van der Waals surface area contributed by atoms with Gasteiger partial charge in [-0.1, -0.05) is 6.07 Å². The van der Waals surface area contributed by atoms with Crippen LogP contribution in [0.1, 0.15) is 18.2 Å². The molecule has 0 aliphatic carbocycles. The molecule has 24 heavy (non-hydrogen) atoms. The van der Waals surface area contributed by atoms with E-state index in [0.717, 1.165) is 23.6 Å². The predicted octanol–water partition coefficient (Wildman–Crippen LogP) is 3.77. The van der Waals surface area contributed by atoms with Crippen molar-refractivity contribution in [2.45, 2.75) is 33.1 Å². The number of ether oxygens (including phenoxy) is 2. The summed E-state index contributed by atoms with van der Waals surface area (Å²) in [6.45, 7) is 3.88. The summed E-state index contributed by atoms with van der Waals surface area (Å²) < 4.78 is 48.5. The van der Waals surface area contributed by atoms with Crippen LogP contribution in [0.15, 0.2) is 24.3 Å². The van der Waals surface area contributed by atoms with Gasteiger partial charge in [0, 0.05) is 24.8 Å². The molecule has 0 radical (unpaired) electrons. The van der Waals surface area contributed by atoms with Crippen molar-refractivity contribution in [3.8, 4) is 11.5 Å². The van der Waals surface area contributed by atoms with Crippen molar-refractivity contribution in [2.75, 3.05) is 19.0 Å². The fourth-order valence-corrected chi connectivity index (χ4v) is 2.21. The lowest BCUT2D eigenvalue weighted by Crippen LogP contribution is -2.19. The van der Waals surface area contributed by atoms with Crippen molar-refractivity contribution in [1.29, 1.82) is 0 Å². The Morgan fingerprint density at radius 1 is 1.21 bits per heavy atom. The molecule has 2 aromatic rings. The number of methoxy groups -OCH3 is 1. The quantitative estimate of drug-likeness (QED) is 0.831. The zero-order valence-corrected chi connectivity index (χ0v) is 13.8. The fourth-order valence-electron chi connectivity index (χ4n) is 2.21. The van der Waals surface area contributed by atoms with E-state index in [-0.39, 0.29) is 11.5 Å². The highest BCUT2D eigenvalue weighted by Gasteiger charge is 2.29. The van der Waals surface area contributed by atoms with E-state index >= 15 is 0 Å². The molecule has 1 heterocycles. The van der Waals surface area contributed by atoms with E-state index in [1.807, 2.05) is 24.6 Å². The third-order valence-electron chi connectivity index (χ3n) is 3.37. The predicted molar refractivity (Wildman–Crippen MR) is 84.5 cm³/mol. The van der Waals surface area contributed by atoms with Crippen molar-refractivity contribution >= 4 is 5.82 Å². The van der Waals surface area contributed by atoms with Gasteiger partial charge in [-0.3, -0.25) is 4.68 Å². The highest BCUT2D eigenvalue weighted by molar-refractivity contribution is 5.44. The monoisotopic (exact) mass is 343 g/mol. The average Bonchev–Trinajstić information content (AvgIpc) is 2.90. The summed E-state index contributed by atoms with van der Waals surface area (Å²) >= 11 is 0. The number of halogens is 3. The fraction of sp³-hybridized carbons (Fsp3) is 0.438. The van der Waals surface area contributed by atoms with Gasteiger partial charge in [-0.25, -0.2) is 0 Å². The van der Waals surface area contributed by atoms with E-state index in [1.165, 1.54) is 13.2 Å². The van der Waals surface area contributed by atoms with Gasteiger partial charge >= 0.3 is 6.18 Å². The first-order chi connectivity index (χ1) is 11.3. The largest absolute Gasteiger partial charge is 0.493 e. The number of hydrogen-bond donors (Lipinski definition) is 1. The van der Waals surface area contributed by atoms with E-state index in [1.54, 1.807) is 12.1 Å². The highest BCUT2D eigenvalue weighted by Crippen LogP contribution is 2.30. The summed E-state index contributed by atoms with van der Waals surface area (Å²) in [5.74, 6) is 1.06. The molecule has 0 amide bonds. The second-order valence-electron chi connectivity index (χ2n) is 5.23. The molecule has 132 valence electrons. The van der Waals surface area contributed by atoms with Crippen molar-refractivity contribution in [2.24, 2.45) is 0 Å². The first kappa shape index (κ1) is 18.0. The van der Waals surface area contributed by atoms with Gasteiger partial charge in [-0.05, 0) is 31.5 Å². The second kappa shape index (κ2) is 7.46. The lowest BCUT2D eigenvalue weighted by molar-refractivity contribution is -0.153. The van der Waals surface area contributed by atoms with Crippen LogP contribution < -0.4 is 14.8 Å². The van der Waals surface area contributed by atoms with Crippen LogP contribution in [0.2, 0.25) is 0 Å². The Bertz CT molecular complexity index is 684. The first-order valence-electron chi connectivity index (χ1n) is 7.47. The molecule has 8 heteroatoms. The number of rotatable bonds is 7. The van der Waals surface area contributed by atoms with Crippen molar-refractivity contribution in [1.82, 2.24) is 9.78 Å². The molecular formula is C16H20F3N3O2. The number of alkyl halides is 3. The van der Waals surface area contributed by atoms with Crippen LogP contribution in [0.3, 0.4) is 0 Å². The third kappa shape index (κ3) is 4.81. The molecule has 0 fully saturated rings. The van der Waals surface area contributed by atoms with Crippen LogP contribution in [0.4, 0.5) is 19.0 Å². The van der Waals surface area contributed by atoms with Gasteiger partial charge in [0.15, 0.2) is 18.1 Å². The van der Waals surface area contributed by atoms with Gasteiger partial charge < -0.3 is 14.8 Å². The summed E-state index contributed by atoms with van der Waals surface area (Å²) in [5, 5.41) is 7.56. The molecule has 1 aromatic carbocycles. The molecule has 2 rings (SSSR count). The Morgan fingerprint density at radius 3 is 2.54 bits per heavy atom. The summed E-state index contributed by atoms with van der Waals surface area (Å²) in [7, 11) is 1.39. The minimum absolute atomic E-state index is 0.0599. The van der Waals surface area contributed by atoms with Crippen molar-refractivity contribution in [3.63, 3.8) is 0 Å². The minimum atomic E-state index is -4.39. The van der Waals surface area contributed by atoms with Crippen LogP contribution in [-0.4, -0.2) is 29.7 Å². The van der Waals surface area contributed by atoms with E-state index in [0.29, 0.717) is 6.54 Å².